The van der Waals surface area contributed by atoms with Crippen LogP contribution >= 0.6 is 58.8 Å². The molecule has 2 rings (SSSR count). The fourth-order valence-electron chi connectivity index (χ4n) is 2.17. The van der Waals surface area contributed by atoms with Crippen LogP contribution in [0.4, 0.5) is 0 Å². The lowest BCUT2D eigenvalue weighted by Gasteiger charge is -2.14. The van der Waals surface area contributed by atoms with Crippen LogP contribution in [0.2, 0.25) is 15.1 Å². The first-order valence-corrected chi connectivity index (χ1v) is 9.54. The van der Waals surface area contributed by atoms with Crippen molar-refractivity contribution in [2.45, 2.75) is 0 Å². The average molecular weight is 573 g/mol. The Hall–Kier alpha value is -1.49. The molecule has 0 saturated carbocycles. The second-order valence-corrected chi connectivity index (χ2v) is 6.72. The van der Waals surface area contributed by atoms with Gasteiger partial charge >= 0.3 is 0 Å². The number of aromatic nitrogens is 1. The molecule has 1 aromatic carbocycles. The van der Waals surface area contributed by atoms with Crippen LogP contribution in [0.25, 0.3) is 0 Å². The Morgan fingerprint density at radius 2 is 1.76 bits per heavy atom. The number of guanidine groups is 1. The first kappa shape index (κ1) is 25.5. The number of nitrogens with zero attached hydrogens (tertiary/aromatic N) is 2. The minimum absolute atomic E-state index is 0. The molecule has 0 fully saturated rings. The molecule has 0 aliphatic heterocycles. The van der Waals surface area contributed by atoms with E-state index in [2.05, 4.69) is 25.9 Å². The van der Waals surface area contributed by atoms with Crippen LogP contribution in [0.3, 0.4) is 0 Å². The lowest BCUT2D eigenvalue weighted by molar-refractivity contribution is 0.0954. The molecule has 1 amide bonds. The van der Waals surface area contributed by atoms with Gasteiger partial charge in [-0.05, 0) is 24.3 Å². The molecule has 2 aromatic rings. The fourth-order valence-corrected chi connectivity index (χ4v) is 3.09. The fraction of sp³-hybridized carbons (Fsp3) is 0.278. The number of carbonyl (C=O) groups is 1. The molecule has 0 bridgehead atoms. The van der Waals surface area contributed by atoms with Crippen molar-refractivity contribution in [2.75, 3.05) is 33.3 Å². The maximum absolute atomic E-state index is 11.9. The van der Waals surface area contributed by atoms with Crippen molar-refractivity contribution in [3.8, 4) is 5.75 Å². The lowest BCUT2D eigenvalue weighted by atomic mass is 10.3. The molecule has 1 heterocycles. The van der Waals surface area contributed by atoms with E-state index in [1.807, 2.05) is 0 Å². The van der Waals surface area contributed by atoms with Crippen molar-refractivity contribution < 1.29 is 9.53 Å². The van der Waals surface area contributed by atoms with Crippen molar-refractivity contribution in [1.82, 2.24) is 20.9 Å². The first-order valence-electron chi connectivity index (χ1n) is 8.41. The number of carbonyl (C=O) groups excluding carboxylic acids is 1. The van der Waals surface area contributed by atoms with Crippen molar-refractivity contribution in [1.29, 1.82) is 0 Å². The standard InChI is InChI=1S/C18H20Cl3N5O2.HI/c1-22-18(25-6-5-24-17(27)12-3-2-4-23-11-12)26-7-8-28-16-14(20)9-13(19)10-15(16)21;/h2-4,9-11H,5-8H2,1H3,(H,24,27)(H2,22,25,26);1H. The van der Waals surface area contributed by atoms with E-state index < -0.39 is 0 Å². The molecule has 0 saturated heterocycles. The topological polar surface area (TPSA) is 87.6 Å². The van der Waals surface area contributed by atoms with E-state index in [1.54, 1.807) is 37.5 Å². The monoisotopic (exact) mass is 571 g/mol. The number of amides is 1. The predicted molar refractivity (Wildman–Crippen MR) is 128 cm³/mol. The summed E-state index contributed by atoms with van der Waals surface area (Å²) in [6.07, 6.45) is 3.13. The molecule has 0 atom stereocenters. The molecule has 0 radical (unpaired) electrons. The van der Waals surface area contributed by atoms with Crippen LogP contribution in [0.1, 0.15) is 10.4 Å². The van der Waals surface area contributed by atoms with Gasteiger partial charge in [-0.3, -0.25) is 14.8 Å². The average Bonchev–Trinajstić information content (AvgIpc) is 2.68. The van der Waals surface area contributed by atoms with Gasteiger partial charge in [-0.15, -0.1) is 24.0 Å². The van der Waals surface area contributed by atoms with Crippen LogP contribution in [-0.2, 0) is 0 Å². The summed E-state index contributed by atoms with van der Waals surface area (Å²) in [5, 5.41) is 10.1. The van der Waals surface area contributed by atoms with Crippen LogP contribution in [0.5, 0.6) is 5.75 Å². The normalized spacial score (nSPS) is 10.7. The van der Waals surface area contributed by atoms with Gasteiger partial charge in [0, 0.05) is 37.6 Å². The molecule has 158 valence electrons. The van der Waals surface area contributed by atoms with Crippen molar-refractivity contribution in [2.24, 2.45) is 4.99 Å². The Bertz CT molecular complexity index is 801. The Labute approximate surface area is 201 Å². The number of rotatable bonds is 8. The van der Waals surface area contributed by atoms with Gasteiger partial charge in [-0.2, -0.15) is 0 Å². The maximum Gasteiger partial charge on any atom is 0.252 e. The lowest BCUT2D eigenvalue weighted by Crippen LogP contribution is -2.42. The zero-order valence-corrected chi connectivity index (χ0v) is 20.1. The number of pyridine rings is 1. The molecular weight excluding hydrogens is 551 g/mol. The summed E-state index contributed by atoms with van der Waals surface area (Å²) in [6, 6.07) is 6.55. The van der Waals surface area contributed by atoms with E-state index in [0.29, 0.717) is 58.6 Å². The van der Waals surface area contributed by atoms with Crippen LogP contribution in [-0.4, -0.2) is 50.1 Å². The van der Waals surface area contributed by atoms with Crippen molar-refractivity contribution in [3.63, 3.8) is 0 Å². The third-order valence-electron chi connectivity index (χ3n) is 3.45. The summed E-state index contributed by atoms with van der Waals surface area (Å²) in [7, 11) is 1.65. The molecule has 7 nitrogen and oxygen atoms in total. The van der Waals surface area contributed by atoms with Gasteiger partial charge in [0.05, 0.1) is 22.2 Å². The number of hydrogen-bond donors (Lipinski definition) is 3. The van der Waals surface area contributed by atoms with Crippen molar-refractivity contribution >= 4 is 70.6 Å². The quantitative estimate of drug-likeness (QED) is 0.195. The molecule has 1 aromatic heterocycles. The number of nitrogens with one attached hydrogen (secondary N) is 3. The minimum atomic E-state index is -0.178. The van der Waals surface area contributed by atoms with Crippen LogP contribution in [0, 0.1) is 0 Å². The molecule has 0 aliphatic rings. The van der Waals surface area contributed by atoms with Crippen LogP contribution < -0.4 is 20.7 Å². The van der Waals surface area contributed by atoms with Crippen LogP contribution in [0.15, 0.2) is 41.7 Å². The smallest absolute Gasteiger partial charge is 0.252 e. The van der Waals surface area contributed by atoms with E-state index in [4.69, 9.17) is 39.5 Å². The highest BCUT2D eigenvalue weighted by molar-refractivity contribution is 14.0. The Balaban J connectivity index is 0.00000420. The van der Waals surface area contributed by atoms with E-state index in [0.717, 1.165) is 0 Å². The number of aliphatic imine (C=N–C) groups is 1. The van der Waals surface area contributed by atoms with E-state index in [1.165, 1.54) is 6.20 Å². The first-order chi connectivity index (χ1) is 13.5. The second kappa shape index (κ2) is 13.7. The third-order valence-corrected chi connectivity index (χ3v) is 4.23. The highest BCUT2D eigenvalue weighted by Gasteiger charge is 2.09. The summed E-state index contributed by atoms with van der Waals surface area (Å²) >= 11 is 18.0. The minimum Gasteiger partial charge on any atom is -0.489 e. The Kier molecular flexibility index (Phi) is 12.1. The molecular formula is C18H21Cl3IN5O2. The zero-order chi connectivity index (χ0) is 20.4. The molecule has 0 aliphatic carbocycles. The summed E-state index contributed by atoms with van der Waals surface area (Å²) in [6.45, 7) is 1.72. The van der Waals surface area contributed by atoms with Gasteiger partial charge in [-0.25, -0.2) is 0 Å². The number of benzene rings is 1. The molecule has 3 N–H and O–H groups in total. The Morgan fingerprint density at radius 1 is 1.10 bits per heavy atom. The SMILES string of the molecule is CN=C(NCCNC(=O)c1cccnc1)NCCOc1c(Cl)cc(Cl)cc1Cl.I. The van der Waals surface area contributed by atoms with Gasteiger partial charge in [0.15, 0.2) is 11.7 Å². The highest BCUT2D eigenvalue weighted by Crippen LogP contribution is 2.35. The molecule has 29 heavy (non-hydrogen) atoms. The number of ether oxygens (including phenoxy) is 1. The van der Waals surface area contributed by atoms with E-state index in [9.17, 15) is 4.79 Å². The zero-order valence-electron chi connectivity index (χ0n) is 15.5. The molecule has 0 spiro atoms. The van der Waals surface area contributed by atoms with E-state index in [-0.39, 0.29) is 29.9 Å². The molecule has 11 heteroatoms. The largest absolute Gasteiger partial charge is 0.489 e. The van der Waals surface area contributed by atoms with Gasteiger partial charge in [0.2, 0.25) is 0 Å². The van der Waals surface area contributed by atoms with Gasteiger partial charge in [0.1, 0.15) is 6.61 Å². The summed E-state index contributed by atoms with van der Waals surface area (Å²) in [4.78, 5) is 19.9. The van der Waals surface area contributed by atoms with Gasteiger partial charge in [-0.1, -0.05) is 34.8 Å². The second-order valence-electron chi connectivity index (χ2n) is 5.47. The number of hydrogen-bond acceptors (Lipinski definition) is 4. The maximum atomic E-state index is 11.9. The van der Waals surface area contributed by atoms with E-state index >= 15 is 0 Å². The third kappa shape index (κ3) is 8.81. The molecule has 0 unspecified atom stereocenters. The highest BCUT2D eigenvalue weighted by atomic mass is 127. The van der Waals surface area contributed by atoms with Crippen molar-refractivity contribution in [3.05, 3.63) is 57.3 Å². The van der Waals surface area contributed by atoms with Gasteiger partial charge < -0.3 is 20.7 Å². The predicted octanol–water partition coefficient (Wildman–Crippen LogP) is 3.63. The van der Waals surface area contributed by atoms with Gasteiger partial charge in [0.25, 0.3) is 5.91 Å². The summed E-state index contributed by atoms with van der Waals surface area (Å²) in [5.41, 5.74) is 0.515. The number of halogens is 4. The summed E-state index contributed by atoms with van der Waals surface area (Å²) < 4.78 is 5.59. The Morgan fingerprint density at radius 3 is 2.38 bits per heavy atom. The summed E-state index contributed by atoms with van der Waals surface area (Å²) in [5.74, 6) is 0.783.